The van der Waals surface area contributed by atoms with Crippen LogP contribution in [0.1, 0.15) is 56.7 Å². The molecule has 2 N–H and O–H groups in total. The van der Waals surface area contributed by atoms with Crippen LogP contribution in [-0.2, 0) is 6.42 Å². The number of H-pyrrole nitrogens is 1. The van der Waals surface area contributed by atoms with E-state index in [0.717, 1.165) is 11.9 Å². The van der Waals surface area contributed by atoms with Gasteiger partial charge in [0.2, 0.25) is 0 Å². The second-order valence-electron chi connectivity index (χ2n) is 7.17. The molecule has 0 aliphatic heterocycles. The van der Waals surface area contributed by atoms with E-state index >= 15 is 0 Å². The number of nitrogens with zero attached hydrogens (tertiary/aromatic N) is 1. The van der Waals surface area contributed by atoms with E-state index in [4.69, 9.17) is 0 Å². The quantitative estimate of drug-likeness (QED) is 0.687. The summed E-state index contributed by atoms with van der Waals surface area (Å²) in [7, 11) is 0. The summed E-state index contributed by atoms with van der Waals surface area (Å²) in [5.74, 6) is 1.08. The van der Waals surface area contributed by atoms with E-state index in [-0.39, 0.29) is 17.6 Å². The lowest BCUT2D eigenvalue weighted by molar-refractivity contribution is 0.367. The number of fused-ring (bicyclic) bond motifs is 1. The molecule has 0 saturated heterocycles. The normalized spacial score (nSPS) is 13.9. The van der Waals surface area contributed by atoms with Gasteiger partial charge in [-0.25, -0.2) is 4.98 Å². The monoisotopic (exact) mass is 349 g/mol. The number of aromatic nitrogens is 2. The number of para-hydroxylation sites is 1. The van der Waals surface area contributed by atoms with Gasteiger partial charge in [-0.15, -0.1) is 0 Å². The third-order valence-electron chi connectivity index (χ3n) is 4.88. The maximum absolute atomic E-state index is 12.3. The van der Waals surface area contributed by atoms with Crippen LogP contribution in [0.3, 0.4) is 0 Å². The number of rotatable bonds is 6. The van der Waals surface area contributed by atoms with Gasteiger partial charge >= 0.3 is 0 Å². The standard InChI is InChI=1S/C22H27N3O/c1-5-16-10-12-17(13-11-16)20(14(2)3)23-15(4)21-24-19-9-7-6-8-18(19)22(26)25-21/h6-15,20,23H,5H2,1-4H3,(H,24,25,26)/t15-,20-/m1/s1. The van der Waals surface area contributed by atoms with Gasteiger partial charge in [-0.1, -0.05) is 57.2 Å². The molecule has 3 aromatic rings. The second kappa shape index (κ2) is 7.83. The summed E-state index contributed by atoms with van der Waals surface area (Å²) in [5, 5.41) is 4.27. The molecule has 4 nitrogen and oxygen atoms in total. The second-order valence-corrected chi connectivity index (χ2v) is 7.17. The van der Waals surface area contributed by atoms with Crippen molar-refractivity contribution in [3.63, 3.8) is 0 Å². The van der Waals surface area contributed by atoms with Gasteiger partial charge in [0.15, 0.2) is 0 Å². The number of aryl methyl sites for hydroxylation is 1. The fraction of sp³-hybridized carbons (Fsp3) is 0.364. The van der Waals surface area contributed by atoms with Crippen molar-refractivity contribution >= 4 is 10.9 Å². The summed E-state index contributed by atoms with van der Waals surface area (Å²) >= 11 is 0. The molecule has 0 saturated carbocycles. The third kappa shape index (κ3) is 3.86. The zero-order valence-electron chi connectivity index (χ0n) is 15.9. The summed E-state index contributed by atoms with van der Waals surface area (Å²) in [6, 6.07) is 16.3. The van der Waals surface area contributed by atoms with Gasteiger partial charge in [-0.3, -0.25) is 4.79 Å². The first-order valence-electron chi connectivity index (χ1n) is 9.33. The molecule has 0 amide bonds. The molecule has 0 bridgehead atoms. The summed E-state index contributed by atoms with van der Waals surface area (Å²) < 4.78 is 0. The lowest BCUT2D eigenvalue weighted by Gasteiger charge is -2.27. The van der Waals surface area contributed by atoms with Crippen molar-refractivity contribution in [1.82, 2.24) is 15.3 Å². The largest absolute Gasteiger partial charge is 0.309 e. The smallest absolute Gasteiger partial charge is 0.258 e. The highest BCUT2D eigenvalue weighted by atomic mass is 16.1. The van der Waals surface area contributed by atoms with Crippen molar-refractivity contribution in [1.29, 1.82) is 0 Å². The molecule has 0 aliphatic carbocycles. The molecule has 26 heavy (non-hydrogen) atoms. The van der Waals surface area contributed by atoms with E-state index in [9.17, 15) is 4.79 Å². The molecule has 0 unspecified atom stereocenters. The van der Waals surface area contributed by atoms with Crippen LogP contribution >= 0.6 is 0 Å². The molecule has 1 aromatic heterocycles. The van der Waals surface area contributed by atoms with Crippen molar-refractivity contribution in [3.05, 3.63) is 75.8 Å². The maximum atomic E-state index is 12.3. The molecule has 2 aromatic carbocycles. The fourth-order valence-corrected chi connectivity index (χ4v) is 3.29. The third-order valence-corrected chi connectivity index (χ3v) is 4.88. The van der Waals surface area contributed by atoms with E-state index in [2.05, 4.69) is 60.3 Å². The van der Waals surface area contributed by atoms with Crippen molar-refractivity contribution in [2.24, 2.45) is 5.92 Å². The summed E-state index contributed by atoms with van der Waals surface area (Å²) in [6.07, 6.45) is 1.04. The van der Waals surface area contributed by atoms with Crippen molar-refractivity contribution in [2.45, 2.75) is 46.2 Å². The van der Waals surface area contributed by atoms with Crippen LogP contribution in [0.15, 0.2) is 53.3 Å². The molecular formula is C22H27N3O. The van der Waals surface area contributed by atoms with Crippen LogP contribution < -0.4 is 10.9 Å². The van der Waals surface area contributed by atoms with Gasteiger partial charge in [0.05, 0.1) is 16.9 Å². The van der Waals surface area contributed by atoms with Crippen LogP contribution in [0, 0.1) is 5.92 Å². The average molecular weight is 349 g/mol. The number of aromatic amines is 1. The fourth-order valence-electron chi connectivity index (χ4n) is 3.29. The molecule has 0 spiro atoms. The Kier molecular flexibility index (Phi) is 5.52. The van der Waals surface area contributed by atoms with E-state index in [1.165, 1.54) is 11.1 Å². The minimum Gasteiger partial charge on any atom is -0.309 e. The van der Waals surface area contributed by atoms with Crippen molar-refractivity contribution in [3.8, 4) is 0 Å². The summed E-state index contributed by atoms with van der Waals surface area (Å²) in [4.78, 5) is 19.9. The Labute approximate surface area is 154 Å². The Morgan fingerprint density at radius 3 is 2.38 bits per heavy atom. The zero-order chi connectivity index (χ0) is 18.7. The lowest BCUT2D eigenvalue weighted by Crippen LogP contribution is -2.30. The molecule has 4 heteroatoms. The van der Waals surface area contributed by atoms with Gasteiger partial charge in [0, 0.05) is 6.04 Å². The number of hydrogen-bond acceptors (Lipinski definition) is 3. The lowest BCUT2D eigenvalue weighted by atomic mass is 9.94. The highest BCUT2D eigenvalue weighted by Crippen LogP contribution is 2.25. The molecule has 0 fully saturated rings. The Hall–Kier alpha value is -2.46. The Morgan fingerprint density at radius 2 is 1.73 bits per heavy atom. The predicted octanol–water partition coefficient (Wildman–Crippen LogP) is 4.53. The van der Waals surface area contributed by atoms with E-state index in [1.54, 1.807) is 6.07 Å². The first kappa shape index (κ1) is 18.3. The summed E-state index contributed by atoms with van der Waals surface area (Å²) in [6.45, 7) is 8.61. The first-order chi connectivity index (χ1) is 12.5. The average Bonchev–Trinajstić information content (AvgIpc) is 2.65. The van der Waals surface area contributed by atoms with Crippen LogP contribution in [0.5, 0.6) is 0 Å². The predicted molar refractivity (Wildman–Crippen MR) is 107 cm³/mol. The number of nitrogens with one attached hydrogen (secondary N) is 2. The highest BCUT2D eigenvalue weighted by Gasteiger charge is 2.20. The molecule has 1 heterocycles. The molecule has 136 valence electrons. The minimum absolute atomic E-state index is 0.0643. The Balaban J connectivity index is 1.88. The highest BCUT2D eigenvalue weighted by molar-refractivity contribution is 5.77. The first-order valence-corrected chi connectivity index (χ1v) is 9.33. The SMILES string of the molecule is CCc1ccc([C@H](N[C@H](C)c2nc3ccccc3c(=O)[nH]2)C(C)C)cc1. The van der Waals surface area contributed by atoms with Crippen LogP contribution in [-0.4, -0.2) is 9.97 Å². The number of hydrogen-bond donors (Lipinski definition) is 2. The molecule has 3 rings (SSSR count). The van der Waals surface area contributed by atoms with Crippen molar-refractivity contribution in [2.75, 3.05) is 0 Å². The molecule has 0 aliphatic rings. The van der Waals surface area contributed by atoms with Crippen LogP contribution in [0.2, 0.25) is 0 Å². The molecule has 2 atom stereocenters. The minimum atomic E-state index is -0.0901. The van der Waals surface area contributed by atoms with Gasteiger partial charge in [0.25, 0.3) is 5.56 Å². The van der Waals surface area contributed by atoms with E-state index < -0.39 is 0 Å². The Bertz CT molecular complexity index is 928. The Morgan fingerprint density at radius 1 is 1.04 bits per heavy atom. The van der Waals surface area contributed by atoms with Crippen molar-refractivity contribution < 1.29 is 0 Å². The van der Waals surface area contributed by atoms with Crippen LogP contribution in [0.4, 0.5) is 0 Å². The van der Waals surface area contributed by atoms with E-state index in [1.807, 2.05) is 25.1 Å². The topological polar surface area (TPSA) is 57.8 Å². The van der Waals surface area contributed by atoms with Gasteiger partial charge < -0.3 is 10.3 Å². The molecular weight excluding hydrogens is 322 g/mol. The van der Waals surface area contributed by atoms with Gasteiger partial charge in [-0.05, 0) is 42.5 Å². The zero-order valence-corrected chi connectivity index (χ0v) is 15.9. The van der Waals surface area contributed by atoms with Crippen LogP contribution in [0.25, 0.3) is 10.9 Å². The number of benzene rings is 2. The summed E-state index contributed by atoms with van der Waals surface area (Å²) in [5.41, 5.74) is 3.23. The van der Waals surface area contributed by atoms with Gasteiger partial charge in [0.1, 0.15) is 5.82 Å². The van der Waals surface area contributed by atoms with E-state index in [0.29, 0.717) is 17.1 Å². The van der Waals surface area contributed by atoms with Gasteiger partial charge in [-0.2, -0.15) is 0 Å². The molecule has 0 radical (unpaired) electrons. The maximum Gasteiger partial charge on any atom is 0.258 e.